The summed E-state index contributed by atoms with van der Waals surface area (Å²) in [6.45, 7) is 0. The molecule has 96 valence electrons. The fourth-order valence-corrected chi connectivity index (χ4v) is 2.72. The summed E-state index contributed by atoms with van der Waals surface area (Å²) in [5.74, 6) is 0.282. The zero-order chi connectivity index (χ0) is 13.1. The molecule has 0 atom stereocenters. The maximum Gasteiger partial charge on any atom is 0.224 e. The Morgan fingerprint density at radius 2 is 2.00 bits per heavy atom. The Morgan fingerprint density at radius 3 is 2.72 bits per heavy atom. The van der Waals surface area contributed by atoms with Crippen LogP contribution >= 0.6 is 46.5 Å². The average Bonchev–Trinajstić information content (AvgIpc) is 2.81. The fourth-order valence-electron chi connectivity index (χ4n) is 1.42. The van der Waals surface area contributed by atoms with Gasteiger partial charge in [0.1, 0.15) is 11.0 Å². The van der Waals surface area contributed by atoms with E-state index < -0.39 is 0 Å². The topological polar surface area (TPSA) is 54.9 Å². The van der Waals surface area contributed by atoms with Crippen LogP contribution in [0.1, 0.15) is 12.8 Å². The van der Waals surface area contributed by atoms with Gasteiger partial charge in [-0.1, -0.05) is 23.2 Å². The number of carbonyl (C=O) groups excluding carboxylic acids is 1. The summed E-state index contributed by atoms with van der Waals surface area (Å²) in [7, 11) is 0. The van der Waals surface area contributed by atoms with Gasteiger partial charge in [-0.05, 0) is 12.5 Å². The zero-order valence-electron chi connectivity index (χ0n) is 9.04. The third-order valence-electron chi connectivity index (χ3n) is 2.25. The van der Waals surface area contributed by atoms with Crippen molar-refractivity contribution in [2.24, 2.45) is 0 Å². The van der Waals surface area contributed by atoms with E-state index in [9.17, 15) is 4.79 Å². The highest BCUT2D eigenvalue weighted by Crippen LogP contribution is 2.35. The molecular weight excluding hydrogens is 317 g/mol. The van der Waals surface area contributed by atoms with Gasteiger partial charge in [0.05, 0.1) is 27.5 Å². The lowest BCUT2D eigenvalue weighted by atomic mass is 10.2. The van der Waals surface area contributed by atoms with Gasteiger partial charge in [0.25, 0.3) is 0 Å². The Morgan fingerprint density at radius 1 is 1.28 bits per heavy atom. The smallest absolute Gasteiger partial charge is 0.224 e. The van der Waals surface area contributed by atoms with Gasteiger partial charge in [0.2, 0.25) is 5.91 Å². The number of rotatable bonds is 4. The fraction of sp³-hybridized carbons (Fsp3) is 0.300. The first-order chi connectivity index (χ1) is 8.63. The van der Waals surface area contributed by atoms with Crippen LogP contribution in [0.5, 0.6) is 0 Å². The van der Waals surface area contributed by atoms with Crippen molar-refractivity contribution in [1.82, 2.24) is 8.75 Å². The number of amides is 1. The Kier molecular flexibility index (Phi) is 4.61. The van der Waals surface area contributed by atoms with Crippen LogP contribution in [0.4, 0.5) is 5.69 Å². The number of carbonyl (C=O) groups is 1. The summed E-state index contributed by atoms with van der Waals surface area (Å²) >= 11 is 18.6. The van der Waals surface area contributed by atoms with Crippen molar-refractivity contribution in [2.75, 3.05) is 11.2 Å². The van der Waals surface area contributed by atoms with Crippen molar-refractivity contribution in [3.63, 3.8) is 0 Å². The quantitative estimate of drug-likeness (QED) is 0.866. The van der Waals surface area contributed by atoms with Crippen molar-refractivity contribution in [3.8, 4) is 0 Å². The standard InChI is InChI=1S/C10H8Cl3N3OS/c11-3-1-2-7(17)14-8-5(12)4-6(13)9-10(8)16-18-15-9/h4H,1-3H2,(H,14,17). The average molecular weight is 325 g/mol. The normalized spacial score (nSPS) is 10.8. The highest BCUT2D eigenvalue weighted by Gasteiger charge is 2.15. The highest BCUT2D eigenvalue weighted by atomic mass is 35.5. The molecule has 0 bridgehead atoms. The van der Waals surface area contributed by atoms with Crippen molar-refractivity contribution < 1.29 is 4.79 Å². The number of benzene rings is 1. The molecule has 1 aromatic heterocycles. The maximum absolute atomic E-state index is 11.7. The van der Waals surface area contributed by atoms with E-state index in [2.05, 4.69) is 14.1 Å². The predicted molar refractivity (Wildman–Crippen MR) is 76.0 cm³/mol. The molecule has 0 radical (unpaired) electrons. The van der Waals surface area contributed by atoms with Crippen LogP contribution in [0.15, 0.2) is 6.07 Å². The molecule has 0 aliphatic rings. The number of hydrogen-bond acceptors (Lipinski definition) is 4. The summed E-state index contributed by atoms with van der Waals surface area (Å²) in [5, 5.41) is 3.48. The van der Waals surface area contributed by atoms with Crippen molar-refractivity contribution in [2.45, 2.75) is 12.8 Å². The number of anilines is 1. The first-order valence-corrected chi connectivity index (χ1v) is 7.11. The summed E-state index contributed by atoms with van der Waals surface area (Å²) < 4.78 is 8.15. The zero-order valence-corrected chi connectivity index (χ0v) is 12.1. The Bertz CT molecular complexity index is 587. The van der Waals surface area contributed by atoms with E-state index in [-0.39, 0.29) is 5.91 Å². The van der Waals surface area contributed by atoms with Crippen LogP contribution in [0.25, 0.3) is 11.0 Å². The number of aromatic nitrogens is 2. The van der Waals surface area contributed by atoms with Crippen molar-refractivity contribution >= 4 is 69.2 Å². The monoisotopic (exact) mass is 323 g/mol. The van der Waals surface area contributed by atoms with Crippen LogP contribution in [-0.2, 0) is 4.79 Å². The molecule has 18 heavy (non-hydrogen) atoms. The van der Waals surface area contributed by atoms with Gasteiger partial charge in [0.15, 0.2) is 0 Å². The Balaban J connectivity index is 2.32. The lowest BCUT2D eigenvalue weighted by Crippen LogP contribution is -2.12. The molecule has 2 rings (SSSR count). The number of alkyl halides is 1. The number of halogens is 3. The lowest BCUT2D eigenvalue weighted by molar-refractivity contribution is -0.116. The van der Waals surface area contributed by atoms with Gasteiger partial charge in [-0.2, -0.15) is 8.75 Å². The molecule has 0 unspecified atom stereocenters. The van der Waals surface area contributed by atoms with E-state index in [1.54, 1.807) is 6.07 Å². The number of nitrogens with zero attached hydrogens (tertiary/aromatic N) is 2. The summed E-state index contributed by atoms with van der Waals surface area (Å²) in [4.78, 5) is 11.7. The Labute approximate surface area is 123 Å². The molecule has 8 heteroatoms. The largest absolute Gasteiger partial charge is 0.323 e. The molecule has 0 aliphatic carbocycles. The molecule has 1 aromatic carbocycles. The molecule has 0 saturated heterocycles. The van der Waals surface area contributed by atoms with E-state index in [0.717, 1.165) is 11.7 Å². The lowest BCUT2D eigenvalue weighted by Gasteiger charge is -2.07. The number of fused-ring (bicyclic) bond motifs is 1. The van der Waals surface area contributed by atoms with Gasteiger partial charge in [-0.15, -0.1) is 11.6 Å². The molecule has 0 fully saturated rings. The predicted octanol–water partition coefficient (Wildman–Crippen LogP) is 3.96. The van der Waals surface area contributed by atoms with Gasteiger partial charge >= 0.3 is 0 Å². The molecule has 0 spiro atoms. The van der Waals surface area contributed by atoms with Gasteiger partial charge in [-0.25, -0.2) is 0 Å². The molecule has 1 heterocycles. The molecular formula is C10H8Cl3N3OS. The second-order valence-electron chi connectivity index (χ2n) is 3.52. The molecule has 0 aliphatic heterocycles. The Hall–Kier alpha value is -0.620. The number of hydrogen-bond donors (Lipinski definition) is 1. The second-order valence-corrected chi connectivity index (χ2v) is 5.24. The summed E-state index contributed by atoms with van der Waals surface area (Å²) in [6, 6.07) is 1.55. The minimum Gasteiger partial charge on any atom is -0.323 e. The van der Waals surface area contributed by atoms with E-state index >= 15 is 0 Å². The third-order valence-corrected chi connectivity index (χ3v) is 3.63. The molecule has 4 nitrogen and oxygen atoms in total. The van der Waals surface area contributed by atoms with Crippen LogP contribution < -0.4 is 5.32 Å². The number of nitrogens with one attached hydrogen (secondary N) is 1. The van der Waals surface area contributed by atoms with Crippen molar-refractivity contribution in [3.05, 3.63) is 16.1 Å². The minimum absolute atomic E-state index is 0.158. The van der Waals surface area contributed by atoms with E-state index in [1.807, 2.05) is 0 Å². The van der Waals surface area contributed by atoms with Gasteiger partial charge < -0.3 is 5.32 Å². The molecule has 2 aromatic rings. The third kappa shape index (κ3) is 2.85. The maximum atomic E-state index is 11.7. The second kappa shape index (κ2) is 6.02. The molecule has 0 saturated carbocycles. The van der Waals surface area contributed by atoms with Crippen LogP contribution in [-0.4, -0.2) is 20.5 Å². The van der Waals surface area contributed by atoms with Crippen LogP contribution in [0.2, 0.25) is 10.0 Å². The van der Waals surface area contributed by atoms with Crippen LogP contribution in [0, 0.1) is 0 Å². The highest BCUT2D eigenvalue weighted by molar-refractivity contribution is 7.00. The van der Waals surface area contributed by atoms with Gasteiger partial charge in [0, 0.05) is 12.3 Å². The summed E-state index contributed by atoms with van der Waals surface area (Å²) in [6.07, 6.45) is 0.943. The molecule has 1 N–H and O–H groups in total. The van der Waals surface area contributed by atoms with Crippen LogP contribution in [0.3, 0.4) is 0 Å². The minimum atomic E-state index is -0.158. The summed E-state index contributed by atoms with van der Waals surface area (Å²) in [5.41, 5.74) is 1.50. The van der Waals surface area contributed by atoms with Gasteiger partial charge in [-0.3, -0.25) is 4.79 Å². The van der Waals surface area contributed by atoms with E-state index in [4.69, 9.17) is 34.8 Å². The molecule has 1 amide bonds. The van der Waals surface area contributed by atoms with E-state index in [0.29, 0.717) is 45.5 Å². The van der Waals surface area contributed by atoms with Crippen molar-refractivity contribution in [1.29, 1.82) is 0 Å². The SMILES string of the molecule is O=C(CCCCl)Nc1c(Cl)cc(Cl)c2nsnc12. The van der Waals surface area contributed by atoms with E-state index in [1.165, 1.54) is 0 Å². The first kappa shape index (κ1) is 13.8. The first-order valence-electron chi connectivity index (χ1n) is 5.09.